The monoisotopic (exact) mass is 378 g/mol. The molecule has 2 aromatic rings. The molecular formula is C19H23FN2O3S. The van der Waals surface area contributed by atoms with Crippen LogP contribution in [0.1, 0.15) is 30.8 Å². The number of carbonyl (C=O) groups is 2. The third-order valence-electron chi connectivity index (χ3n) is 3.68. The molecule has 1 aromatic heterocycles. The van der Waals surface area contributed by atoms with Crippen molar-refractivity contribution in [3.8, 4) is 0 Å². The van der Waals surface area contributed by atoms with Crippen molar-refractivity contribution in [1.29, 1.82) is 0 Å². The zero-order chi connectivity index (χ0) is 18.9. The van der Waals surface area contributed by atoms with Crippen LogP contribution in [0, 0.1) is 11.7 Å². The fourth-order valence-electron chi connectivity index (χ4n) is 2.27. The van der Waals surface area contributed by atoms with E-state index in [0.29, 0.717) is 6.54 Å². The first-order chi connectivity index (χ1) is 12.5. The lowest BCUT2D eigenvalue weighted by Gasteiger charge is -2.21. The highest BCUT2D eigenvalue weighted by molar-refractivity contribution is 7.99. The number of furan rings is 1. The summed E-state index contributed by atoms with van der Waals surface area (Å²) in [5.41, 5.74) is 0. The first-order valence-electron chi connectivity index (χ1n) is 8.48. The zero-order valence-electron chi connectivity index (χ0n) is 14.8. The molecule has 2 rings (SSSR count). The van der Waals surface area contributed by atoms with E-state index >= 15 is 0 Å². The minimum absolute atomic E-state index is 0.0532. The first kappa shape index (κ1) is 20.0. The van der Waals surface area contributed by atoms with Crippen LogP contribution in [-0.2, 0) is 4.79 Å². The normalized spacial score (nSPS) is 12.0. The molecule has 0 saturated carbocycles. The summed E-state index contributed by atoms with van der Waals surface area (Å²) >= 11 is 1.60. The van der Waals surface area contributed by atoms with Crippen LogP contribution in [0.5, 0.6) is 0 Å². The van der Waals surface area contributed by atoms with Crippen LogP contribution >= 0.6 is 11.8 Å². The first-order valence-corrected chi connectivity index (χ1v) is 9.46. The van der Waals surface area contributed by atoms with Gasteiger partial charge in [0, 0.05) is 11.4 Å². The summed E-state index contributed by atoms with van der Waals surface area (Å²) < 4.78 is 17.9. The third kappa shape index (κ3) is 6.22. The van der Waals surface area contributed by atoms with Crippen LogP contribution in [-0.4, -0.2) is 30.2 Å². The van der Waals surface area contributed by atoms with E-state index in [-0.39, 0.29) is 23.4 Å². The van der Waals surface area contributed by atoms with Crippen molar-refractivity contribution < 1.29 is 18.4 Å². The highest BCUT2D eigenvalue weighted by Crippen LogP contribution is 2.18. The molecule has 140 valence electrons. The number of amides is 2. The van der Waals surface area contributed by atoms with Gasteiger partial charge in [-0.25, -0.2) is 4.39 Å². The predicted octanol–water partition coefficient (Wildman–Crippen LogP) is 3.47. The Labute approximate surface area is 156 Å². The molecule has 0 saturated heterocycles. The van der Waals surface area contributed by atoms with Gasteiger partial charge in [0.05, 0.1) is 6.26 Å². The maximum Gasteiger partial charge on any atom is 0.287 e. The fraction of sp³-hybridized carbons (Fsp3) is 0.368. The quantitative estimate of drug-likeness (QED) is 0.518. The Balaban J connectivity index is 1.73. The second-order valence-corrected chi connectivity index (χ2v) is 7.29. The zero-order valence-corrected chi connectivity index (χ0v) is 15.6. The van der Waals surface area contributed by atoms with E-state index in [0.717, 1.165) is 17.1 Å². The van der Waals surface area contributed by atoms with Gasteiger partial charge in [0.25, 0.3) is 5.91 Å². The minimum atomic E-state index is -0.627. The van der Waals surface area contributed by atoms with Gasteiger partial charge in [0.1, 0.15) is 11.9 Å². The molecule has 2 amide bonds. The number of carbonyl (C=O) groups excluding carboxylic acids is 2. The number of benzene rings is 1. The average Bonchev–Trinajstić information content (AvgIpc) is 3.15. The molecule has 26 heavy (non-hydrogen) atoms. The molecular weight excluding hydrogens is 355 g/mol. The SMILES string of the molecule is CC(C)C(NC(=O)c1ccco1)C(=O)NCCCSc1ccc(F)cc1. The van der Waals surface area contributed by atoms with E-state index in [9.17, 15) is 14.0 Å². The molecule has 1 heterocycles. The predicted molar refractivity (Wildman–Crippen MR) is 99.6 cm³/mol. The largest absolute Gasteiger partial charge is 0.459 e. The molecule has 0 spiro atoms. The van der Waals surface area contributed by atoms with Crippen molar-refractivity contribution in [3.63, 3.8) is 0 Å². The molecule has 0 aliphatic carbocycles. The Kier molecular flexibility index (Phi) is 7.72. The number of thioether (sulfide) groups is 1. The Morgan fingerprint density at radius 2 is 1.92 bits per heavy atom. The summed E-state index contributed by atoms with van der Waals surface area (Å²) in [4.78, 5) is 25.4. The molecule has 1 atom stereocenters. The minimum Gasteiger partial charge on any atom is -0.459 e. The van der Waals surface area contributed by atoms with Crippen molar-refractivity contribution in [3.05, 3.63) is 54.2 Å². The lowest BCUT2D eigenvalue weighted by atomic mass is 10.0. The van der Waals surface area contributed by atoms with Crippen molar-refractivity contribution in [2.75, 3.05) is 12.3 Å². The van der Waals surface area contributed by atoms with Gasteiger partial charge in [-0.3, -0.25) is 9.59 Å². The molecule has 0 aliphatic rings. The van der Waals surface area contributed by atoms with Gasteiger partial charge < -0.3 is 15.1 Å². The molecule has 2 N–H and O–H groups in total. The summed E-state index contributed by atoms with van der Waals surface area (Å²) in [6.07, 6.45) is 2.18. The van der Waals surface area contributed by atoms with Gasteiger partial charge >= 0.3 is 0 Å². The van der Waals surface area contributed by atoms with Gasteiger partial charge in [0.15, 0.2) is 5.76 Å². The van der Waals surface area contributed by atoms with Crippen molar-refractivity contribution in [2.45, 2.75) is 31.2 Å². The maximum absolute atomic E-state index is 12.8. The third-order valence-corrected chi connectivity index (χ3v) is 4.78. The lowest BCUT2D eigenvalue weighted by Crippen LogP contribution is -2.49. The molecule has 0 aliphatic heterocycles. The molecule has 7 heteroatoms. The standard InChI is InChI=1S/C19H23FN2O3S/c1-13(2)17(22-18(23)16-5-3-11-25-16)19(24)21-10-4-12-26-15-8-6-14(20)7-9-15/h3,5-9,11,13,17H,4,10,12H2,1-2H3,(H,21,24)(H,22,23). The summed E-state index contributed by atoms with van der Waals surface area (Å²) in [7, 11) is 0. The van der Waals surface area contributed by atoms with E-state index in [1.807, 2.05) is 13.8 Å². The highest BCUT2D eigenvalue weighted by Gasteiger charge is 2.25. The molecule has 0 radical (unpaired) electrons. The van der Waals surface area contributed by atoms with Crippen LogP contribution in [0.15, 0.2) is 52.0 Å². The number of rotatable bonds is 9. The number of hydrogen-bond donors (Lipinski definition) is 2. The van der Waals surface area contributed by atoms with Crippen molar-refractivity contribution >= 4 is 23.6 Å². The number of hydrogen-bond acceptors (Lipinski definition) is 4. The molecule has 0 fully saturated rings. The van der Waals surface area contributed by atoms with E-state index in [1.54, 1.807) is 36.0 Å². The van der Waals surface area contributed by atoms with Crippen LogP contribution < -0.4 is 10.6 Å². The molecule has 0 bridgehead atoms. The van der Waals surface area contributed by atoms with Crippen LogP contribution in [0.4, 0.5) is 4.39 Å². The molecule has 5 nitrogen and oxygen atoms in total. The summed E-state index contributed by atoms with van der Waals surface area (Å²) in [6, 6.07) is 8.88. The average molecular weight is 378 g/mol. The highest BCUT2D eigenvalue weighted by atomic mass is 32.2. The lowest BCUT2D eigenvalue weighted by molar-refractivity contribution is -0.123. The summed E-state index contributed by atoms with van der Waals surface area (Å²) in [6.45, 7) is 4.25. The Hall–Kier alpha value is -2.28. The van der Waals surface area contributed by atoms with Crippen LogP contribution in [0.3, 0.4) is 0 Å². The fourth-order valence-corrected chi connectivity index (χ4v) is 3.12. The van der Waals surface area contributed by atoms with Crippen LogP contribution in [0.25, 0.3) is 0 Å². The van der Waals surface area contributed by atoms with Crippen LogP contribution in [0.2, 0.25) is 0 Å². The van der Waals surface area contributed by atoms with E-state index in [2.05, 4.69) is 10.6 Å². The van der Waals surface area contributed by atoms with Gasteiger partial charge in [0.2, 0.25) is 5.91 Å². The molecule has 1 unspecified atom stereocenters. The Morgan fingerprint density at radius 1 is 1.19 bits per heavy atom. The van der Waals surface area contributed by atoms with E-state index < -0.39 is 11.9 Å². The second-order valence-electron chi connectivity index (χ2n) is 6.12. The van der Waals surface area contributed by atoms with Crippen molar-refractivity contribution in [1.82, 2.24) is 10.6 Å². The van der Waals surface area contributed by atoms with Gasteiger partial charge in [-0.05, 0) is 54.5 Å². The summed E-state index contributed by atoms with van der Waals surface area (Å²) in [5, 5.41) is 5.56. The number of halogens is 1. The maximum atomic E-state index is 12.8. The second kappa shape index (κ2) is 10.0. The summed E-state index contributed by atoms with van der Waals surface area (Å²) in [5.74, 6) is 0.0544. The topological polar surface area (TPSA) is 71.3 Å². The Bertz CT molecular complexity index is 702. The van der Waals surface area contributed by atoms with E-state index in [4.69, 9.17) is 4.42 Å². The van der Waals surface area contributed by atoms with Gasteiger partial charge in [-0.1, -0.05) is 13.8 Å². The number of nitrogens with one attached hydrogen (secondary N) is 2. The van der Waals surface area contributed by atoms with Gasteiger partial charge in [-0.15, -0.1) is 11.8 Å². The Morgan fingerprint density at radius 3 is 2.54 bits per heavy atom. The smallest absolute Gasteiger partial charge is 0.287 e. The van der Waals surface area contributed by atoms with E-state index in [1.165, 1.54) is 18.4 Å². The van der Waals surface area contributed by atoms with Gasteiger partial charge in [-0.2, -0.15) is 0 Å². The molecule has 1 aromatic carbocycles. The van der Waals surface area contributed by atoms with Crippen molar-refractivity contribution in [2.24, 2.45) is 5.92 Å².